The number of quaternary nitrogens is 1. The first-order chi connectivity index (χ1) is 13.2. The van der Waals surface area contributed by atoms with E-state index >= 15 is 0 Å². The van der Waals surface area contributed by atoms with Crippen molar-refractivity contribution in [3.05, 3.63) is 59.7 Å². The topological polar surface area (TPSA) is 85.6 Å². The molecule has 27 heavy (non-hydrogen) atoms. The molecular weight excluding hydrogens is 344 g/mol. The molecular formula is C20H25N4O3+. The van der Waals surface area contributed by atoms with Crippen molar-refractivity contribution in [1.29, 1.82) is 0 Å². The first-order valence-electron chi connectivity index (χ1n) is 9.16. The first kappa shape index (κ1) is 18.8. The van der Waals surface area contributed by atoms with E-state index in [1.54, 1.807) is 18.4 Å². The van der Waals surface area contributed by atoms with Crippen molar-refractivity contribution < 1.29 is 18.5 Å². The van der Waals surface area contributed by atoms with Gasteiger partial charge in [-0.1, -0.05) is 31.2 Å². The molecule has 0 radical (unpaired) electrons. The number of aryl methyl sites for hydroxylation is 1. The number of nitrogens with zero attached hydrogens (tertiary/aromatic N) is 2. The van der Waals surface area contributed by atoms with Crippen molar-refractivity contribution in [3.8, 4) is 11.7 Å². The van der Waals surface area contributed by atoms with Crippen molar-refractivity contribution >= 4 is 5.91 Å². The van der Waals surface area contributed by atoms with E-state index in [2.05, 4.69) is 22.4 Å². The maximum atomic E-state index is 12.4. The molecule has 0 aliphatic heterocycles. The molecule has 2 N–H and O–H groups in total. The Morgan fingerprint density at radius 2 is 2.04 bits per heavy atom. The SMILES string of the molecule is CCC[NH+](CC(=O)NCc1ccccc1C)Cc1nnc(-c2ccco2)o1. The number of hydrogen-bond donors (Lipinski definition) is 2. The summed E-state index contributed by atoms with van der Waals surface area (Å²) >= 11 is 0. The van der Waals surface area contributed by atoms with Crippen LogP contribution in [-0.4, -0.2) is 29.2 Å². The van der Waals surface area contributed by atoms with Crippen LogP contribution in [0, 0.1) is 6.92 Å². The Balaban J connectivity index is 1.55. The molecule has 1 atom stereocenters. The maximum Gasteiger partial charge on any atom is 0.283 e. The number of hydrogen-bond acceptors (Lipinski definition) is 5. The highest BCUT2D eigenvalue weighted by molar-refractivity contribution is 5.76. The van der Waals surface area contributed by atoms with Crippen LogP contribution in [-0.2, 0) is 17.9 Å². The minimum atomic E-state index is 0.00692. The molecule has 0 aliphatic rings. The normalized spacial score (nSPS) is 12.1. The molecule has 1 amide bonds. The third kappa shape index (κ3) is 5.27. The molecule has 2 heterocycles. The van der Waals surface area contributed by atoms with Gasteiger partial charge in [-0.15, -0.1) is 10.2 Å². The molecule has 0 saturated heterocycles. The highest BCUT2D eigenvalue weighted by atomic mass is 16.4. The summed E-state index contributed by atoms with van der Waals surface area (Å²) in [6, 6.07) is 11.6. The molecule has 3 rings (SSSR count). The summed E-state index contributed by atoms with van der Waals surface area (Å²) in [5, 5.41) is 11.1. The fourth-order valence-electron chi connectivity index (χ4n) is 2.92. The fraction of sp³-hybridized carbons (Fsp3) is 0.350. The number of furan rings is 1. The van der Waals surface area contributed by atoms with Crippen molar-refractivity contribution in [2.75, 3.05) is 13.1 Å². The summed E-state index contributed by atoms with van der Waals surface area (Å²) in [6.07, 6.45) is 2.52. The van der Waals surface area contributed by atoms with Crippen LogP contribution in [0.25, 0.3) is 11.7 Å². The van der Waals surface area contributed by atoms with Crippen LogP contribution < -0.4 is 10.2 Å². The summed E-state index contributed by atoms with van der Waals surface area (Å²) < 4.78 is 10.9. The van der Waals surface area contributed by atoms with E-state index in [1.165, 1.54) is 5.56 Å². The molecule has 0 saturated carbocycles. The van der Waals surface area contributed by atoms with Gasteiger partial charge in [-0.05, 0) is 36.6 Å². The Hall–Kier alpha value is -2.93. The van der Waals surface area contributed by atoms with E-state index in [9.17, 15) is 4.79 Å². The fourth-order valence-corrected chi connectivity index (χ4v) is 2.92. The van der Waals surface area contributed by atoms with Gasteiger partial charge in [-0.3, -0.25) is 4.79 Å². The van der Waals surface area contributed by atoms with Gasteiger partial charge in [0.05, 0.1) is 12.8 Å². The highest BCUT2D eigenvalue weighted by Gasteiger charge is 2.19. The zero-order valence-corrected chi connectivity index (χ0v) is 15.7. The Kier molecular flexibility index (Phi) is 6.38. The van der Waals surface area contributed by atoms with Crippen LogP contribution in [0.2, 0.25) is 0 Å². The van der Waals surface area contributed by atoms with Crippen molar-refractivity contribution in [2.24, 2.45) is 0 Å². The largest absolute Gasteiger partial charge is 0.459 e. The molecule has 0 fully saturated rings. The van der Waals surface area contributed by atoms with Gasteiger partial charge in [0.1, 0.15) is 0 Å². The molecule has 1 unspecified atom stereocenters. The number of rotatable bonds is 9. The Morgan fingerprint density at radius 1 is 1.19 bits per heavy atom. The van der Waals surface area contributed by atoms with Crippen LogP contribution in [0.1, 0.15) is 30.4 Å². The molecule has 7 nitrogen and oxygen atoms in total. The predicted molar refractivity (Wildman–Crippen MR) is 99.7 cm³/mol. The van der Waals surface area contributed by atoms with Gasteiger partial charge in [-0.2, -0.15) is 0 Å². The summed E-state index contributed by atoms with van der Waals surface area (Å²) in [7, 11) is 0. The van der Waals surface area contributed by atoms with Gasteiger partial charge in [0.25, 0.3) is 17.7 Å². The summed E-state index contributed by atoms with van der Waals surface area (Å²) in [5.74, 6) is 1.40. The summed E-state index contributed by atoms with van der Waals surface area (Å²) in [4.78, 5) is 13.5. The molecule has 0 spiro atoms. The molecule has 1 aromatic carbocycles. The van der Waals surface area contributed by atoms with Crippen molar-refractivity contribution in [2.45, 2.75) is 33.4 Å². The molecule has 7 heteroatoms. The van der Waals surface area contributed by atoms with Crippen LogP contribution >= 0.6 is 0 Å². The van der Waals surface area contributed by atoms with Crippen LogP contribution in [0.5, 0.6) is 0 Å². The average Bonchev–Trinajstić information content (AvgIpc) is 3.33. The van der Waals surface area contributed by atoms with Crippen LogP contribution in [0.3, 0.4) is 0 Å². The monoisotopic (exact) mass is 369 g/mol. The minimum absolute atomic E-state index is 0.00692. The molecule has 0 bridgehead atoms. The van der Waals surface area contributed by atoms with E-state index in [0.29, 0.717) is 37.2 Å². The van der Waals surface area contributed by atoms with Crippen molar-refractivity contribution in [3.63, 3.8) is 0 Å². The smallest absolute Gasteiger partial charge is 0.283 e. The number of aromatic nitrogens is 2. The second-order valence-electron chi connectivity index (χ2n) is 6.54. The third-order valence-corrected chi connectivity index (χ3v) is 4.35. The number of benzene rings is 1. The number of carbonyl (C=O) groups excluding carboxylic acids is 1. The van der Waals surface area contributed by atoms with E-state index in [1.807, 2.05) is 31.2 Å². The summed E-state index contributed by atoms with van der Waals surface area (Å²) in [6.45, 7) is 6.37. The predicted octanol–water partition coefficient (Wildman–Crippen LogP) is 1.75. The lowest BCUT2D eigenvalue weighted by Crippen LogP contribution is -3.12. The third-order valence-electron chi connectivity index (χ3n) is 4.35. The highest BCUT2D eigenvalue weighted by Crippen LogP contribution is 2.17. The molecule has 3 aromatic rings. The molecule has 0 aliphatic carbocycles. The van der Waals surface area contributed by atoms with Gasteiger partial charge >= 0.3 is 0 Å². The quantitative estimate of drug-likeness (QED) is 0.600. The zero-order chi connectivity index (χ0) is 19.1. The van der Waals surface area contributed by atoms with Gasteiger partial charge in [0.15, 0.2) is 18.8 Å². The Morgan fingerprint density at radius 3 is 2.78 bits per heavy atom. The second-order valence-corrected chi connectivity index (χ2v) is 6.54. The second kappa shape index (κ2) is 9.14. The van der Waals surface area contributed by atoms with Crippen molar-refractivity contribution in [1.82, 2.24) is 15.5 Å². The molecule has 2 aromatic heterocycles. The number of nitrogens with one attached hydrogen (secondary N) is 2. The van der Waals surface area contributed by atoms with Gasteiger partial charge in [-0.25, -0.2) is 0 Å². The van der Waals surface area contributed by atoms with Gasteiger partial charge in [0, 0.05) is 6.54 Å². The first-order valence-corrected chi connectivity index (χ1v) is 9.16. The average molecular weight is 369 g/mol. The standard InChI is InChI=1S/C20H24N4O3/c1-3-10-24(13-18(25)21-12-16-8-5-4-7-15(16)2)14-19-22-23-20(27-19)17-9-6-11-26-17/h4-9,11H,3,10,12-14H2,1-2H3,(H,21,25)/p+1. The van der Waals surface area contributed by atoms with E-state index in [0.717, 1.165) is 23.4 Å². The van der Waals surface area contributed by atoms with Gasteiger partial charge < -0.3 is 19.1 Å². The van der Waals surface area contributed by atoms with Crippen LogP contribution in [0.15, 0.2) is 51.5 Å². The molecule has 142 valence electrons. The number of amides is 1. The lowest BCUT2D eigenvalue weighted by atomic mass is 10.1. The lowest BCUT2D eigenvalue weighted by Gasteiger charge is -2.16. The Labute approximate surface area is 158 Å². The van der Waals surface area contributed by atoms with E-state index < -0.39 is 0 Å². The lowest BCUT2D eigenvalue weighted by molar-refractivity contribution is -0.907. The van der Waals surface area contributed by atoms with E-state index in [4.69, 9.17) is 8.83 Å². The summed E-state index contributed by atoms with van der Waals surface area (Å²) in [5.41, 5.74) is 2.30. The zero-order valence-electron chi connectivity index (χ0n) is 15.7. The van der Waals surface area contributed by atoms with E-state index in [-0.39, 0.29) is 5.91 Å². The number of carbonyl (C=O) groups is 1. The van der Waals surface area contributed by atoms with Gasteiger partial charge in [0.2, 0.25) is 0 Å². The minimum Gasteiger partial charge on any atom is -0.459 e. The maximum absolute atomic E-state index is 12.4. The van der Waals surface area contributed by atoms with Crippen LogP contribution in [0.4, 0.5) is 0 Å². The Bertz CT molecular complexity index is 858.